The second-order valence-electron chi connectivity index (χ2n) is 4.74. The van der Waals surface area contributed by atoms with Crippen LogP contribution in [0.25, 0.3) is 0 Å². The van der Waals surface area contributed by atoms with E-state index in [2.05, 4.69) is 10.6 Å². The van der Waals surface area contributed by atoms with Gasteiger partial charge in [0.1, 0.15) is 5.82 Å². The van der Waals surface area contributed by atoms with Gasteiger partial charge in [0.25, 0.3) is 11.6 Å². The van der Waals surface area contributed by atoms with E-state index in [4.69, 9.17) is 12.2 Å². The summed E-state index contributed by atoms with van der Waals surface area (Å²) in [7, 11) is 0. The van der Waals surface area contributed by atoms with Crippen molar-refractivity contribution in [1.82, 2.24) is 5.32 Å². The highest BCUT2D eigenvalue weighted by Crippen LogP contribution is 2.21. The van der Waals surface area contributed by atoms with Crippen molar-refractivity contribution in [1.29, 1.82) is 0 Å². The Balaban J connectivity index is 2.13. The van der Waals surface area contributed by atoms with Gasteiger partial charge in [-0.15, -0.1) is 0 Å². The minimum atomic E-state index is -0.611. The molecule has 0 atom stereocenters. The van der Waals surface area contributed by atoms with Crippen LogP contribution in [0, 0.1) is 26.4 Å². The number of hydrogen-bond acceptors (Lipinski definition) is 4. The van der Waals surface area contributed by atoms with E-state index in [1.165, 1.54) is 37.3 Å². The molecule has 2 N–H and O–H groups in total. The molecule has 6 nitrogen and oxygen atoms in total. The number of nitrogens with one attached hydrogen (secondary N) is 2. The van der Waals surface area contributed by atoms with E-state index in [9.17, 15) is 19.3 Å². The van der Waals surface area contributed by atoms with Gasteiger partial charge in [-0.2, -0.15) is 0 Å². The summed E-state index contributed by atoms with van der Waals surface area (Å²) in [5.74, 6) is -1.12. The number of carbonyl (C=O) groups is 1. The lowest BCUT2D eigenvalue weighted by Crippen LogP contribution is -2.34. The van der Waals surface area contributed by atoms with Crippen LogP contribution in [-0.4, -0.2) is 15.9 Å². The van der Waals surface area contributed by atoms with Crippen LogP contribution in [-0.2, 0) is 0 Å². The van der Waals surface area contributed by atoms with Crippen LogP contribution in [0.15, 0.2) is 36.4 Å². The molecule has 0 fully saturated rings. The molecule has 1 amide bonds. The monoisotopic (exact) mass is 459 g/mol. The van der Waals surface area contributed by atoms with E-state index in [1.54, 1.807) is 6.07 Å². The fourth-order valence-corrected chi connectivity index (χ4v) is 2.64. The molecule has 124 valence electrons. The molecule has 2 rings (SSSR count). The summed E-state index contributed by atoms with van der Waals surface area (Å²) < 4.78 is 14.5. The molecule has 2 aromatic rings. The zero-order chi connectivity index (χ0) is 17.9. The number of nitro groups is 1. The molecular formula is C15H11FIN3O3S. The summed E-state index contributed by atoms with van der Waals surface area (Å²) in [6, 6.07) is 8.66. The Morgan fingerprint density at radius 2 is 2.04 bits per heavy atom. The summed E-state index contributed by atoms with van der Waals surface area (Å²) in [6.07, 6.45) is 0. The zero-order valence-corrected chi connectivity index (χ0v) is 15.3. The van der Waals surface area contributed by atoms with E-state index in [0.717, 1.165) is 3.57 Å². The Hall–Kier alpha value is -2.14. The molecule has 9 heteroatoms. The van der Waals surface area contributed by atoms with Crippen molar-refractivity contribution in [2.45, 2.75) is 6.92 Å². The number of halogens is 2. The van der Waals surface area contributed by atoms with Crippen LogP contribution in [0.3, 0.4) is 0 Å². The third kappa shape index (κ3) is 4.23. The molecule has 0 aromatic heterocycles. The van der Waals surface area contributed by atoms with E-state index in [-0.39, 0.29) is 27.6 Å². The average molecular weight is 459 g/mol. The lowest BCUT2D eigenvalue weighted by atomic mass is 10.1. The normalized spacial score (nSPS) is 10.1. The van der Waals surface area contributed by atoms with E-state index < -0.39 is 16.6 Å². The van der Waals surface area contributed by atoms with Gasteiger partial charge in [0.2, 0.25) is 0 Å². The Morgan fingerprint density at radius 1 is 1.33 bits per heavy atom. The molecule has 0 radical (unpaired) electrons. The maximum atomic E-state index is 13.8. The van der Waals surface area contributed by atoms with E-state index in [1.807, 2.05) is 22.6 Å². The second-order valence-corrected chi connectivity index (χ2v) is 6.39. The molecule has 0 unspecified atom stereocenters. The number of nitrogens with zero attached hydrogens (tertiary/aromatic N) is 1. The van der Waals surface area contributed by atoms with Gasteiger partial charge < -0.3 is 5.32 Å². The molecule has 0 aliphatic carbocycles. The van der Waals surface area contributed by atoms with Gasteiger partial charge in [0.15, 0.2) is 5.11 Å². The molecular weight excluding hydrogens is 448 g/mol. The van der Waals surface area contributed by atoms with Crippen molar-refractivity contribution >= 4 is 57.2 Å². The predicted octanol–water partition coefficient (Wildman–Crippen LogP) is 3.77. The fourth-order valence-electron chi connectivity index (χ4n) is 1.98. The molecule has 0 aliphatic heterocycles. The number of hydrogen-bond donors (Lipinski definition) is 2. The van der Waals surface area contributed by atoms with E-state index >= 15 is 0 Å². The quantitative estimate of drug-likeness (QED) is 0.316. The molecule has 0 bridgehead atoms. The number of rotatable bonds is 3. The number of nitro benzene ring substituents is 1. The van der Waals surface area contributed by atoms with Crippen LogP contribution in [0.4, 0.5) is 15.8 Å². The van der Waals surface area contributed by atoms with Crippen LogP contribution in [0.5, 0.6) is 0 Å². The number of amides is 1. The first-order valence-corrected chi connectivity index (χ1v) is 8.09. The van der Waals surface area contributed by atoms with Crippen molar-refractivity contribution in [2.75, 3.05) is 5.32 Å². The Morgan fingerprint density at radius 3 is 2.67 bits per heavy atom. The highest BCUT2D eigenvalue weighted by molar-refractivity contribution is 14.1. The molecule has 0 spiro atoms. The van der Waals surface area contributed by atoms with Crippen molar-refractivity contribution < 1.29 is 14.1 Å². The zero-order valence-electron chi connectivity index (χ0n) is 12.3. The molecule has 0 saturated carbocycles. The van der Waals surface area contributed by atoms with Crippen molar-refractivity contribution in [3.63, 3.8) is 0 Å². The summed E-state index contributed by atoms with van der Waals surface area (Å²) in [5, 5.41) is 15.8. The summed E-state index contributed by atoms with van der Waals surface area (Å²) in [6.45, 7) is 1.47. The van der Waals surface area contributed by atoms with Crippen molar-refractivity contribution in [3.05, 3.63) is 67.0 Å². The third-order valence-electron chi connectivity index (χ3n) is 3.15. The summed E-state index contributed by atoms with van der Waals surface area (Å²) in [5.41, 5.74) is 0.307. The maximum Gasteiger partial charge on any atom is 0.273 e. The fraction of sp³-hybridized carbons (Fsp3) is 0.0667. The topological polar surface area (TPSA) is 84.3 Å². The van der Waals surface area contributed by atoms with Crippen LogP contribution >= 0.6 is 34.8 Å². The van der Waals surface area contributed by atoms with Gasteiger partial charge in [-0.3, -0.25) is 20.2 Å². The number of anilines is 1. The summed E-state index contributed by atoms with van der Waals surface area (Å²) in [4.78, 5) is 22.6. The van der Waals surface area contributed by atoms with Crippen LogP contribution in [0.2, 0.25) is 0 Å². The molecule has 24 heavy (non-hydrogen) atoms. The summed E-state index contributed by atoms with van der Waals surface area (Å²) >= 11 is 6.96. The number of carbonyl (C=O) groups excluding carboxylic acids is 1. The molecule has 0 aliphatic rings. The van der Waals surface area contributed by atoms with Crippen molar-refractivity contribution in [2.24, 2.45) is 0 Å². The second kappa shape index (κ2) is 7.62. The van der Waals surface area contributed by atoms with Gasteiger partial charge in [0, 0.05) is 20.8 Å². The minimum absolute atomic E-state index is 0.106. The average Bonchev–Trinajstić information content (AvgIpc) is 2.49. The van der Waals surface area contributed by atoms with Gasteiger partial charge in [-0.25, -0.2) is 4.39 Å². The first kappa shape index (κ1) is 18.2. The third-order valence-corrected chi connectivity index (χ3v) is 4.03. The number of thiocarbonyl (C=S) groups is 1. The van der Waals surface area contributed by atoms with Gasteiger partial charge in [-0.05, 0) is 66.0 Å². The Labute approximate surface area is 155 Å². The van der Waals surface area contributed by atoms with Crippen molar-refractivity contribution in [3.8, 4) is 0 Å². The van der Waals surface area contributed by atoms with Gasteiger partial charge >= 0.3 is 0 Å². The Kier molecular flexibility index (Phi) is 5.78. The van der Waals surface area contributed by atoms with Gasteiger partial charge in [-0.1, -0.05) is 6.07 Å². The first-order chi connectivity index (χ1) is 11.3. The highest BCUT2D eigenvalue weighted by Gasteiger charge is 2.18. The molecule has 2 aromatic carbocycles. The molecule has 0 saturated heterocycles. The number of benzene rings is 2. The Bertz CT molecular complexity index is 845. The van der Waals surface area contributed by atoms with Crippen LogP contribution in [0.1, 0.15) is 15.9 Å². The maximum absolute atomic E-state index is 13.8. The standard InChI is InChI=1S/C15H11FIN3O3S/c1-8-10(3-2-4-13(8)20(22)23)14(21)19-15(24)18-12-6-5-9(17)7-11(12)16/h2-7H,1H3,(H2,18,19,21,24). The van der Waals surface area contributed by atoms with Crippen LogP contribution < -0.4 is 10.6 Å². The largest absolute Gasteiger partial charge is 0.330 e. The minimum Gasteiger partial charge on any atom is -0.330 e. The van der Waals surface area contributed by atoms with Gasteiger partial charge in [0.05, 0.1) is 10.6 Å². The first-order valence-electron chi connectivity index (χ1n) is 6.61. The SMILES string of the molecule is Cc1c(C(=O)NC(=S)Nc2ccc(I)cc2F)cccc1[N+](=O)[O-]. The predicted molar refractivity (Wildman–Crippen MR) is 101 cm³/mol. The smallest absolute Gasteiger partial charge is 0.273 e. The lowest BCUT2D eigenvalue weighted by molar-refractivity contribution is -0.385. The van der Waals surface area contributed by atoms with E-state index in [0.29, 0.717) is 0 Å². The highest BCUT2D eigenvalue weighted by atomic mass is 127. The lowest BCUT2D eigenvalue weighted by Gasteiger charge is -2.11. The molecule has 0 heterocycles.